The zero-order valence-electron chi connectivity index (χ0n) is 10.2. The molecule has 0 saturated heterocycles. The maximum atomic E-state index is 6.06. The van der Waals surface area contributed by atoms with E-state index < -0.39 is 0 Å². The molecule has 1 aromatic carbocycles. The molecule has 0 N–H and O–H groups in total. The van der Waals surface area contributed by atoms with Gasteiger partial charge < -0.3 is 0 Å². The van der Waals surface area contributed by atoms with E-state index in [1.807, 2.05) is 0 Å². The minimum absolute atomic E-state index is 0.161. The molecular weight excluding hydrogens is 232 g/mol. The Kier molecular flexibility index (Phi) is 3.16. The second-order valence-corrected chi connectivity index (χ2v) is 5.45. The zero-order valence-corrected chi connectivity index (χ0v) is 11.0. The normalized spacial score (nSPS) is 11.5. The predicted molar refractivity (Wildman–Crippen MR) is 71.2 cm³/mol. The zero-order chi connectivity index (χ0) is 12.5. The van der Waals surface area contributed by atoms with E-state index in [2.05, 4.69) is 55.0 Å². The molecule has 0 unspecified atom stereocenters. The maximum absolute atomic E-state index is 6.06. The molecule has 88 valence electrons. The number of nitrogens with zero attached hydrogens (tertiary/aromatic N) is 2. The Hall–Kier alpha value is -1.41. The highest BCUT2D eigenvalue weighted by atomic mass is 35.5. The summed E-state index contributed by atoms with van der Waals surface area (Å²) in [6, 6.07) is 8.34. The summed E-state index contributed by atoms with van der Waals surface area (Å²) in [4.78, 5) is 8.08. The van der Waals surface area contributed by atoms with Gasteiger partial charge in [0.05, 0.1) is 10.7 Å². The van der Waals surface area contributed by atoms with Gasteiger partial charge in [0.25, 0.3) is 0 Å². The SMILES string of the molecule is CC(C)(C)c1ccc(-c2ncncc2Cl)cc1. The summed E-state index contributed by atoms with van der Waals surface area (Å²) in [6.07, 6.45) is 3.13. The van der Waals surface area contributed by atoms with Crippen molar-refractivity contribution >= 4 is 11.6 Å². The van der Waals surface area contributed by atoms with E-state index in [1.54, 1.807) is 6.20 Å². The summed E-state index contributed by atoms with van der Waals surface area (Å²) in [5.41, 5.74) is 3.26. The number of hydrogen-bond donors (Lipinski definition) is 0. The highest BCUT2D eigenvalue weighted by Crippen LogP contribution is 2.28. The lowest BCUT2D eigenvalue weighted by Crippen LogP contribution is -2.10. The van der Waals surface area contributed by atoms with Crippen LogP contribution in [0.25, 0.3) is 11.3 Å². The van der Waals surface area contributed by atoms with Gasteiger partial charge in [-0.3, -0.25) is 0 Å². The van der Waals surface area contributed by atoms with Crippen molar-refractivity contribution in [3.05, 3.63) is 47.4 Å². The molecule has 1 heterocycles. The van der Waals surface area contributed by atoms with Gasteiger partial charge in [-0.05, 0) is 11.0 Å². The number of rotatable bonds is 1. The Morgan fingerprint density at radius 2 is 1.71 bits per heavy atom. The fraction of sp³-hybridized carbons (Fsp3) is 0.286. The van der Waals surface area contributed by atoms with Crippen LogP contribution in [0.2, 0.25) is 5.02 Å². The van der Waals surface area contributed by atoms with Crippen molar-refractivity contribution in [3.8, 4) is 11.3 Å². The van der Waals surface area contributed by atoms with Gasteiger partial charge in [-0.15, -0.1) is 0 Å². The van der Waals surface area contributed by atoms with Gasteiger partial charge >= 0.3 is 0 Å². The van der Waals surface area contributed by atoms with Crippen molar-refractivity contribution in [2.45, 2.75) is 26.2 Å². The van der Waals surface area contributed by atoms with Gasteiger partial charge in [0.2, 0.25) is 0 Å². The Morgan fingerprint density at radius 1 is 1.06 bits per heavy atom. The topological polar surface area (TPSA) is 25.8 Å². The van der Waals surface area contributed by atoms with Crippen molar-refractivity contribution in [1.29, 1.82) is 0 Å². The third kappa shape index (κ3) is 2.64. The fourth-order valence-corrected chi connectivity index (χ4v) is 1.87. The van der Waals surface area contributed by atoms with Crippen LogP contribution in [0.3, 0.4) is 0 Å². The molecule has 0 bridgehead atoms. The lowest BCUT2D eigenvalue weighted by Gasteiger charge is -2.19. The Bertz CT molecular complexity index is 512. The summed E-state index contributed by atoms with van der Waals surface area (Å²) in [6.45, 7) is 6.58. The van der Waals surface area contributed by atoms with Crippen LogP contribution >= 0.6 is 11.6 Å². The second kappa shape index (κ2) is 4.46. The molecule has 0 aliphatic heterocycles. The number of hydrogen-bond acceptors (Lipinski definition) is 2. The Labute approximate surface area is 107 Å². The van der Waals surface area contributed by atoms with Crippen molar-refractivity contribution < 1.29 is 0 Å². The molecule has 0 atom stereocenters. The third-order valence-corrected chi connectivity index (χ3v) is 2.97. The highest BCUT2D eigenvalue weighted by Gasteiger charge is 2.13. The first-order chi connectivity index (χ1) is 7.98. The molecule has 3 heteroatoms. The van der Waals surface area contributed by atoms with Crippen molar-refractivity contribution in [3.63, 3.8) is 0 Å². The minimum atomic E-state index is 0.161. The lowest BCUT2D eigenvalue weighted by molar-refractivity contribution is 0.590. The fourth-order valence-electron chi connectivity index (χ4n) is 1.65. The largest absolute Gasteiger partial charge is 0.243 e. The summed E-state index contributed by atoms with van der Waals surface area (Å²) < 4.78 is 0. The maximum Gasteiger partial charge on any atom is 0.116 e. The molecule has 2 aromatic rings. The van der Waals surface area contributed by atoms with Crippen LogP contribution in [0.4, 0.5) is 0 Å². The van der Waals surface area contributed by atoms with Gasteiger partial charge in [0, 0.05) is 11.8 Å². The third-order valence-electron chi connectivity index (χ3n) is 2.69. The monoisotopic (exact) mass is 246 g/mol. The Morgan fingerprint density at radius 3 is 2.24 bits per heavy atom. The number of benzene rings is 1. The molecular formula is C14H15ClN2. The molecule has 0 aliphatic rings. The Balaban J connectivity index is 2.40. The first kappa shape index (κ1) is 12.1. The van der Waals surface area contributed by atoms with Gasteiger partial charge in [-0.25, -0.2) is 9.97 Å². The van der Waals surface area contributed by atoms with E-state index in [1.165, 1.54) is 11.9 Å². The van der Waals surface area contributed by atoms with Gasteiger partial charge in [0.1, 0.15) is 6.33 Å². The second-order valence-electron chi connectivity index (χ2n) is 5.05. The quantitative estimate of drug-likeness (QED) is 0.757. The van der Waals surface area contributed by atoms with Crippen LogP contribution < -0.4 is 0 Å². The van der Waals surface area contributed by atoms with Crippen molar-refractivity contribution in [2.75, 3.05) is 0 Å². The molecule has 0 radical (unpaired) electrons. The molecule has 2 nitrogen and oxygen atoms in total. The molecule has 1 aromatic heterocycles. The molecule has 2 rings (SSSR count). The van der Waals surface area contributed by atoms with Crippen molar-refractivity contribution in [1.82, 2.24) is 9.97 Å². The van der Waals surface area contributed by atoms with E-state index in [0.29, 0.717) is 5.02 Å². The van der Waals surface area contributed by atoms with Gasteiger partial charge in [-0.2, -0.15) is 0 Å². The van der Waals surface area contributed by atoms with Crippen LogP contribution in [0.1, 0.15) is 26.3 Å². The lowest BCUT2D eigenvalue weighted by atomic mass is 9.86. The summed E-state index contributed by atoms with van der Waals surface area (Å²) >= 11 is 6.06. The predicted octanol–water partition coefficient (Wildman–Crippen LogP) is 4.09. The van der Waals surface area contributed by atoms with Crippen LogP contribution in [-0.2, 0) is 5.41 Å². The van der Waals surface area contributed by atoms with Crippen LogP contribution in [-0.4, -0.2) is 9.97 Å². The summed E-state index contributed by atoms with van der Waals surface area (Å²) in [5.74, 6) is 0. The van der Waals surface area contributed by atoms with E-state index in [9.17, 15) is 0 Å². The summed E-state index contributed by atoms with van der Waals surface area (Å²) in [7, 11) is 0. The van der Waals surface area contributed by atoms with E-state index >= 15 is 0 Å². The molecule has 0 saturated carbocycles. The number of halogens is 1. The molecule has 0 fully saturated rings. The standard InChI is InChI=1S/C14H15ClN2/c1-14(2,3)11-6-4-10(5-7-11)13-12(15)8-16-9-17-13/h4-9H,1-3H3. The van der Waals surface area contributed by atoms with Crippen LogP contribution in [0.15, 0.2) is 36.8 Å². The molecule has 0 spiro atoms. The van der Waals surface area contributed by atoms with Crippen LogP contribution in [0, 0.1) is 0 Å². The smallest absolute Gasteiger partial charge is 0.116 e. The average Bonchev–Trinajstić information content (AvgIpc) is 2.29. The van der Waals surface area contributed by atoms with Crippen LogP contribution in [0.5, 0.6) is 0 Å². The highest BCUT2D eigenvalue weighted by molar-refractivity contribution is 6.32. The first-order valence-corrected chi connectivity index (χ1v) is 5.93. The van der Waals surface area contributed by atoms with Gasteiger partial charge in [-0.1, -0.05) is 56.6 Å². The first-order valence-electron chi connectivity index (χ1n) is 5.55. The van der Waals surface area contributed by atoms with Crippen molar-refractivity contribution in [2.24, 2.45) is 0 Å². The summed E-state index contributed by atoms with van der Waals surface area (Å²) in [5, 5.41) is 0.580. The molecule has 0 amide bonds. The minimum Gasteiger partial charge on any atom is -0.243 e. The van der Waals surface area contributed by atoms with E-state index in [0.717, 1.165) is 11.3 Å². The average molecular weight is 247 g/mol. The molecule has 0 aliphatic carbocycles. The molecule has 17 heavy (non-hydrogen) atoms. The van der Waals surface area contributed by atoms with E-state index in [4.69, 9.17) is 11.6 Å². The van der Waals surface area contributed by atoms with Gasteiger partial charge in [0.15, 0.2) is 0 Å². The number of aromatic nitrogens is 2. The van der Waals surface area contributed by atoms with E-state index in [-0.39, 0.29) is 5.41 Å².